The van der Waals surface area contributed by atoms with Crippen LogP contribution in [0.3, 0.4) is 0 Å². The Morgan fingerprint density at radius 1 is 0.833 bits per heavy atom. The minimum Gasteiger partial charge on any atom is -0.493 e. The Hall–Kier alpha value is -3.98. The molecule has 0 aromatic heterocycles. The van der Waals surface area contributed by atoms with Crippen LogP contribution in [0.15, 0.2) is 54.6 Å². The molecule has 186 valence electrons. The molecule has 5 rings (SSSR count). The fourth-order valence-electron chi connectivity index (χ4n) is 4.41. The Morgan fingerprint density at radius 2 is 1.58 bits per heavy atom. The molecule has 3 aromatic rings. The van der Waals surface area contributed by atoms with Crippen LogP contribution < -0.4 is 19.1 Å². The number of halogens is 2. The number of imide groups is 1. The molecule has 1 saturated heterocycles. The standard InChI is InChI=1S/C27H24F2N2O5/c1-34-25-15-18(5-9-24(25)35-13-12-30-10-2-3-11-30)31-26(32)20-7-6-19(16-21(20)27(31)33)36-23-8-4-17(28)14-22(23)29/h4-9,14-16H,2-3,10-13H2,1H3. The molecule has 2 heterocycles. The first-order valence-electron chi connectivity index (χ1n) is 11.6. The number of hydrogen-bond donors (Lipinski definition) is 0. The van der Waals surface area contributed by atoms with Gasteiger partial charge in [0.1, 0.15) is 18.2 Å². The van der Waals surface area contributed by atoms with E-state index in [1.807, 2.05) is 0 Å². The maximum Gasteiger partial charge on any atom is 0.266 e. The van der Waals surface area contributed by atoms with Gasteiger partial charge >= 0.3 is 0 Å². The summed E-state index contributed by atoms with van der Waals surface area (Å²) in [4.78, 5) is 29.6. The summed E-state index contributed by atoms with van der Waals surface area (Å²) in [5, 5.41) is 0. The normalized spacial score (nSPS) is 15.4. The number of fused-ring (bicyclic) bond motifs is 1. The summed E-state index contributed by atoms with van der Waals surface area (Å²) < 4.78 is 44.0. The number of carbonyl (C=O) groups is 2. The van der Waals surface area contributed by atoms with Gasteiger partial charge in [0.2, 0.25) is 0 Å². The highest BCUT2D eigenvalue weighted by Crippen LogP contribution is 2.37. The van der Waals surface area contributed by atoms with Crippen LogP contribution >= 0.6 is 0 Å². The molecule has 0 saturated carbocycles. The number of hydrogen-bond acceptors (Lipinski definition) is 6. The van der Waals surface area contributed by atoms with Crippen LogP contribution in [-0.2, 0) is 0 Å². The molecule has 7 nitrogen and oxygen atoms in total. The van der Waals surface area contributed by atoms with Crippen molar-refractivity contribution in [3.8, 4) is 23.0 Å². The van der Waals surface area contributed by atoms with E-state index < -0.39 is 23.4 Å². The number of nitrogens with zero attached hydrogens (tertiary/aromatic N) is 2. The quantitative estimate of drug-likeness (QED) is 0.409. The van der Waals surface area contributed by atoms with Crippen LogP contribution in [0, 0.1) is 11.6 Å². The maximum atomic E-state index is 14.0. The highest BCUT2D eigenvalue weighted by Gasteiger charge is 2.37. The van der Waals surface area contributed by atoms with Crippen molar-refractivity contribution in [1.29, 1.82) is 0 Å². The summed E-state index contributed by atoms with van der Waals surface area (Å²) in [6, 6.07) is 12.1. The van der Waals surface area contributed by atoms with Gasteiger partial charge in [-0.1, -0.05) is 0 Å². The lowest BCUT2D eigenvalue weighted by Gasteiger charge is -2.18. The summed E-state index contributed by atoms with van der Waals surface area (Å²) in [5.41, 5.74) is 0.638. The van der Waals surface area contributed by atoms with Gasteiger partial charge in [0.15, 0.2) is 23.1 Å². The predicted molar refractivity (Wildman–Crippen MR) is 128 cm³/mol. The van der Waals surface area contributed by atoms with E-state index >= 15 is 0 Å². The number of ether oxygens (including phenoxy) is 3. The molecule has 1 fully saturated rings. The van der Waals surface area contributed by atoms with Gasteiger partial charge in [0.25, 0.3) is 11.8 Å². The van der Waals surface area contributed by atoms with Gasteiger partial charge in [0, 0.05) is 18.7 Å². The van der Waals surface area contributed by atoms with Crippen molar-refractivity contribution in [2.75, 3.05) is 38.3 Å². The minimum atomic E-state index is -0.880. The Bertz CT molecular complexity index is 1320. The highest BCUT2D eigenvalue weighted by molar-refractivity contribution is 6.34. The van der Waals surface area contributed by atoms with Crippen LogP contribution in [0.4, 0.5) is 14.5 Å². The van der Waals surface area contributed by atoms with Gasteiger partial charge in [-0.15, -0.1) is 0 Å². The Labute approximate surface area is 206 Å². The number of anilines is 1. The molecule has 0 unspecified atom stereocenters. The lowest BCUT2D eigenvalue weighted by atomic mass is 10.1. The summed E-state index contributed by atoms with van der Waals surface area (Å²) in [5.74, 6) is -1.80. The molecule has 0 spiro atoms. The molecule has 0 radical (unpaired) electrons. The van der Waals surface area contributed by atoms with Crippen molar-refractivity contribution < 1.29 is 32.6 Å². The molecular weight excluding hydrogens is 470 g/mol. The summed E-state index contributed by atoms with van der Waals surface area (Å²) >= 11 is 0. The van der Waals surface area contributed by atoms with Crippen LogP contribution in [0.2, 0.25) is 0 Å². The third kappa shape index (κ3) is 4.61. The lowest BCUT2D eigenvalue weighted by molar-refractivity contribution is 0.0926. The molecule has 36 heavy (non-hydrogen) atoms. The third-order valence-electron chi connectivity index (χ3n) is 6.25. The van der Waals surface area contributed by atoms with Gasteiger partial charge in [-0.3, -0.25) is 14.5 Å². The Kier molecular flexibility index (Phi) is 6.56. The first-order chi connectivity index (χ1) is 17.4. The van der Waals surface area contributed by atoms with E-state index in [2.05, 4.69) is 4.90 Å². The number of rotatable bonds is 8. The number of likely N-dealkylation sites (tertiary alicyclic amines) is 1. The van der Waals surface area contributed by atoms with Crippen molar-refractivity contribution in [3.05, 3.63) is 77.4 Å². The van der Waals surface area contributed by atoms with Crippen molar-refractivity contribution >= 4 is 17.5 Å². The summed E-state index contributed by atoms with van der Waals surface area (Å²) in [7, 11) is 1.49. The van der Waals surface area contributed by atoms with Gasteiger partial charge in [-0.25, -0.2) is 13.7 Å². The first-order valence-corrected chi connectivity index (χ1v) is 11.6. The van der Waals surface area contributed by atoms with E-state index in [0.717, 1.165) is 36.7 Å². The molecule has 0 aliphatic carbocycles. The van der Waals surface area contributed by atoms with E-state index in [4.69, 9.17) is 14.2 Å². The SMILES string of the molecule is COc1cc(N2C(=O)c3ccc(Oc4ccc(F)cc4F)cc3C2=O)ccc1OCCN1CCCC1. The fraction of sp³-hybridized carbons (Fsp3) is 0.259. The molecule has 0 bridgehead atoms. The van der Waals surface area contributed by atoms with E-state index in [1.54, 1.807) is 18.2 Å². The molecule has 0 N–H and O–H groups in total. The molecule has 9 heteroatoms. The van der Waals surface area contributed by atoms with Gasteiger partial charge in [0.05, 0.1) is 23.9 Å². The zero-order chi connectivity index (χ0) is 25.2. The van der Waals surface area contributed by atoms with Gasteiger partial charge < -0.3 is 14.2 Å². The third-order valence-corrected chi connectivity index (χ3v) is 6.25. The highest BCUT2D eigenvalue weighted by atomic mass is 19.1. The van der Waals surface area contributed by atoms with Crippen LogP contribution in [-0.4, -0.2) is 50.1 Å². The minimum absolute atomic E-state index is 0.116. The molecule has 3 aromatic carbocycles. The zero-order valence-corrected chi connectivity index (χ0v) is 19.6. The molecular formula is C27H24F2N2O5. The van der Waals surface area contributed by atoms with Crippen molar-refractivity contribution in [1.82, 2.24) is 4.90 Å². The van der Waals surface area contributed by atoms with E-state index in [0.29, 0.717) is 29.9 Å². The second kappa shape index (κ2) is 9.94. The average Bonchev–Trinajstić information content (AvgIpc) is 3.47. The second-order valence-electron chi connectivity index (χ2n) is 8.56. The van der Waals surface area contributed by atoms with Crippen LogP contribution in [0.1, 0.15) is 33.6 Å². The number of benzene rings is 3. The Morgan fingerprint density at radius 3 is 2.33 bits per heavy atom. The largest absolute Gasteiger partial charge is 0.493 e. The molecule has 0 atom stereocenters. The molecule has 2 amide bonds. The lowest BCUT2D eigenvalue weighted by Crippen LogP contribution is -2.29. The fourth-order valence-corrected chi connectivity index (χ4v) is 4.41. The number of methoxy groups -OCH3 is 1. The average molecular weight is 494 g/mol. The summed E-state index contributed by atoms with van der Waals surface area (Å²) in [6.45, 7) is 3.46. The van der Waals surface area contributed by atoms with E-state index in [-0.39, 0.29) is 22.6 Å². The van der Waals surface area contributed by atoms with Gasteiger partial charge in [-0.2, -0.15) is 0 Å². The number of amides is 2. The van der Waals surface area contributed by atoms with E-state index in [9.17, 15) is 18.4 Å². The molecule has 2 aliphatic rings. The smallest absolute Gasteiger partial charge is 0.266 e. The first kappa shape index (κ1) is 23.7. The second-order valence-corrected chi connectivity index (χ2v) is 8.56. The van der Waals surface area contributed by atoms with Gasteiger partial charge in [-0.05, 0) is 68.4 Å². The summed E-state index contributed by atoms with van der Waals surface area (Å²) in [6.07, 6.45) is 2.41. The predicted octanol–water partition coefficient (Wildman–Crippen LogP) is 5.04. The number of carbonyl (C=O) groups excluding carboxylic acids is 2. The van der Waals surface area contributed by atoms with Crippen molar-refractivity contribution in [2.24, 2.45) is 0 Å². The Balaban J connectivity index is 1.33. The maximum absolute atomic E-state index is 14.0. The topological polar surface area (TPSA) is 68.3 Å². The van der Waals surface area contributed by atoms with E-state index in [1.165, 1.54) is 38.2 Å². The zero-order valence-electron chi connectivity index (χ0n) is 19.6. The van der Waals surface area contributed by atoms with Crippen molar-refractivity contribution in [2.45, 2.75) is 12.8 Å². The van der Waals surface area contributed by atoms with Crippen molar-refractivity contribution in [3.63, 3.8) is 0 Å². The molecule has 2 aliphatic heterocycles. The monoisotopic (exact) mass is 494 g/mol. The van der Waals surface area contributed by atoms with Crippen LogP contribution in [0.5, 0.6) is 23.0 Å². The van der Waals surface area contributed by atoms with Crippen LogP contribution in [0.25, 0.3) is 0 Å².